The molecule has 160 valence electrons. The Morgan fingerprint density at radius 2 is 1.94 bits per heavy atom. The van der Waals surface area contributed by atoms with Gasteiger partial charge in [-0.2, -0.15) is 0 Å². The van der Waals surface area contributed by atoms with Gasteiger partial charge in [-0.05, 0) is 47.0 Å². The molecule has 3 heterocycles. The number of nitrogens with two attached hydrogens (primary N) is 1. The number of hydrogen-bond donors (Lipinski definition) is 4. The Morgan fingerprint density at radius 1 is 1.06 bits per heavy atom. The van der Waals surface area contributed by atoms with Gasteiger partial charge >= 0.3 is 0 Å². The zero-order valence-corrected chi connectivity index (χ0v) is 17.1. The first-order chi connectivity index (χ1) is 15.6. The summed E-state index contributed by atoms with van der Waals surface area (Å²) in [7, 11) is 0. The molecule has 0 aliphatic rings. The zero-order valence-electron chi connectivity index (χ0n) is 17.1. The molecule has 0 amide bonds. The maximum absolute atomic E-state index is 11.1. The number of aromatic nitrogens is 3. The number of aromatic hydroxyl groups is 1. The van der Waals surface area contributed by atoms with Gasteiger partial charge in [0.05, 0.1) is 11.7 Å². The third kappa shape index (κ3) is 3.67. The average Bonchev–Trinajstić information content (AvgIpc) is 3.37. The number of nitroso groups, excluding NO2 is 1. The summed E-state index contributed by atoms with van der Waals surface area (Å²) >= 11 is 0. The van der Waals surface area contributed by atoms with Crippen LogP contribution in [0.4, 0.5) is 5.69 Å². The van der Waals surface area contributed by atoms with Gasteiger partial charge in [0.2, 0.25) is 5.88 Å². The van der Waals surface area contributed by atoms with Crippen molar-refractivity contribution < 1.29 is 9.84 Å². The Morgan fingerprint density at radius 3 is 2.81 bits per heavy atom. The minimum Gasteiger partial charge on any atom is -0.493 e. The van der Waals surface area contributed by atoms with Crippen molar-refractivity contribution in [3.8, 4) is 22.8 Å². The predicted molar refractivity (Wildman–Crippen MR) is 124 cm³/mol. The highest BCUT2D eigenvalue weighted by molar-refractivity contribution is 5.97. The van der Waals surface area contributed by atoms with E-state index in [2.05, 4.69) is 26.2 Å². The van der Waals surface area contributed by atoms with Gasteiger partial charge in [-0.25, -0.2) is 0 Å². The molecule has 0 spiro atoms. The van der Waals surface area contributed by atoms with Crippen molar-refractivity contribution in [3.63, 3.8) is 0 Å². The third-order valence-corrected chi connectivity index (χ3v) is 5.51. The number of fused-ring (bicyclic) bond motifs is 2. The van der Waals surface area contributed by atoms with Crippen LogP contribution in [-0.4, -0.2) is 32.7 Å². The molecule has 0 bridgehead atoms. The Hall–Kier alpha value is -4.17. The molecule has 32 heavy (non-hydrogen) atoms. The fraction of sp³-hybridized carbons (Fsp3) is 0.125. The van der Waals surface area contributed by atoms with Crippen LogP contribution in [0.1, 0.15) is 5.56 Å². The molecule has 5 rings (SSSR count). The predicted octanol–water partition coefficient (Wildman–Crippen LogP) is 4.76. The Bertz CT molecular complexity index is 1420. The first kappa shape index (κ1) is 19.8. The van der Waals surface area contributed by atoms with Crippen molar-refractivity contribution in [1.29, 1.82) is 0 Å². The number of hydrogen-bond acceptors (Lipinski definition) is 6. The molecule has 0 aliphatic heterocycles. The maximum atomic E-state index is 11.1. The molecule has 0 aliphatic carbocycles. The van der Waals surface area contributed by atoms with Crippen LogP contribution in [0.5, 0.6) is 11.6 Å². The van der Waals surface area contributed by atoms with Gasteiger partial charge < -0.3 is 25.5 Å². The van der Waals surface area contributed by atoms with E-state index in [9.17, 15) is 10.0 Å². The number of rotatable bonds is 7. The molecule has 0 radical (unpaired) electrons. The molecule has 2 aromatic carbocycles. The number of para-hydroxylation sites is 1. The molecule has 0 fully saturated rings. The fourth-order valence-corrected chi connectivity index (χ4v) is 3.94. The molecular formula is C24H21N5O3. The van der Waals surface area contributed by atoms with Crippen molar-refractivity contribution in [2.75, 3.05) is 6.61 Å². The Labute approximate surface area is 183 Å². The molecule has 5 N–H and O–H groups in total. The molecule has 8 nitrogen and oxygen atoms in total. The van der Waals surface area contributed by atoms with E-state index < -0.39 is 0 Å². The lowest BCUT2D eigenvalue weighted by atomic mass is 10.1. The number of pyridine rings is 1. The molecular weight excluding hydrogens is 406 g/mol. The second kappa shape index (κ2) is 8.16. The maximum Gasteiger partial charge on any atom is 0.219 e. The van der Waals surface area contributed by atoms with E-state index in [-0.39, 0.29) is 17.6 Å². The summed E-state index contributed by atoms with van der Waals surface area (Å²) in [5.74, 6) is 0.356. The molecule has 0 saturated heterocycles. The molecule has 1 atom stereocenters. The van der Waals surface area contributed by atoms with Crippen molar-refractivity contribution in [3.05, 3.63) is 77.6 Å². The second-order valence-corrected chi connectivity index (χ2v) is 7.72. The second-order valence-electron chi connectivity index (χ2n) is 7.72. The van der Waals surface area contributed by atoms with Crippen molar-refractivity contribution in [2.24, 2.45) is 10.9 Å². The van der Waals surface area contributed by atoms with Crippen LogP contribution in [-0.2, 0) is 6.42 Å². The van der Waals surface area contributed by atoms with Crippen LogP contribution in [0.2, 0.25) is 0 Å². The van der Waals surface area contributed by atoms with Gasteiger partial charge in [-0.15, -0.1) is 4.91 Å². The SMILES string of the molecule is NC(COc1cncc(-c2ccc3[nH]c(O)c(N=O)c3c2)c1)Cc1c[nH]c2ccccc12. The Kier molecular flexibility index (Phi) is 5.04. The van der Waals surface area contributed by atoms with E-state index in [0.29, 0.717) is 29.7 Å². The van der Waals surface area contributed by atoms with E-state index in [1.807, 2.05) is 36.5 Å². The van der Waals surface area contributed by atoms with Gasteiger partial charge in [-0.1, -0.05) is 24.3 Å². The van der Waals surface area contributed by atoms with Crippen LogP contribution in [0.25, 0.3) is 32.9 Å². The van der Waals surface area contributed by atoms with Gasteiger partial charge in [0.15, 0.2) is 5.69 Å². The Balaban J connectivity index is 1.31. The highest BCUT2D eigenvalue weighted by atomic mass is 16.5. The van der Waals surface area contributed by atoms with Crippen molar-refractivity contribution >= 4 is 27.5 Å². The number of aromatic amines is 2. The van der Waals surface area contributed by atoms with Crippen LogP contribution in [0, 0.1) is 4.91 Å². The summed E-state index contributed by atoms with van der Waals surface area (Å²) in [6.07, 6.45) is 6.03. The quantitative estimate of drug-likeness (QED) is 0.278. The highest BCUT2D eigenvalue weighted by Crippen LogP contribution is 2.37. The molecule has 0 saturated carbocycles. The average molecular weight is 427 g/mol. The first-order valence-corrected chi connectivity index (χ1v) is 10.2. The number of nitrogens with zero attached hydrogens (tertiary/aromatic N) is 2. The molecule has 1 unspecified atom stereocenters. The lowest BCUT2D eigenvalue weighted by molar-refractivity contribution is 0.287. The standard InChI is InChI=1S/C24H21N5O3/c25-17(7-16-11-27-21-4-2-1-3-19(16)21)13-32-18-8-15(10-26-12-18)14-5-6-22-20(9-14)23(29-31)24(30)28-22/h1-6,8-12,17,27-28,30H,7,13,25H2. The first-order valence-electron chi connectivity index (χ1n) is 10.2. The van der Waals surface area contributed by atoms with Crippen LogP contribution >= 0.6 is 0 Å². The summed E-state index contributed by atoms with van der Waals surface area (Å²) in [4.78, 5) is 21.3. The molecule has 5 aromatic rings. The smallest absolute Gasteiger partial charge is 0.219 e. The lowest BCUT2D eigenvalue weighted by Gasteiger charge is -2.13. The summed E-state index contributed by atoms with van der Waals surface area (Å²) in [6, 6.07) is 15.3. The lowest BCUT2D eigenvalue weighted by Crippen LogP contribution is -2.30. The van der Waals surface area contributed by atoms with E-state index in [1.54, 1.807) is 24.5 Å². The number of nitrogens with one attached hydrogen (secondary N) is 2. The van der Waals surface area contributed by atoms with E-state index >= 15 is 0 Å². The van der Waals surface area contributed by atoms with Crippen LogP contribution in [0.15, 0.2) is 72.3 Å². The number of H-pyrrole nitrogens is 2. The van der Waals surface area contributed by atoms with Gasteiger partial charge in [0.1, 0.15) is 12.4 Å². The third-order valence-electron chi connectivity index (χ3n) is 5.51. The zero-order chi connectivity index (χ0) is 22.1. The van der Waals surface area contributed by atoms with Crippen molar-refractivity contribution in [2.45, 2.75) is 12.5 Å². The topological polar surface area (TPSA) is 129 Å². The number of benzene rings is 2. The fourth-order valence-electron chi connectivity index (χ4n) is 3.94. The van der Waals surface area contributed by atoms with Crippen LogP contribution in [0.3, 0.4) is 0 Å². The van der Waals surface area contributed by atoms with Gasteiger partial charge in [-0.3, -0.25) is 4.98 Å². The van der Waals surface area contributed by atoms with E-state index in [4.69, 9.17) is 10.5 Å². The summed E-state index contributed by atoms with van der Waals surface area (Å²) < 4.78 is 5.91. The number of ether oxygens (including phenoxy) is 1. The summed E-state index contributed by atoms with van der Waals surface area (Å²) in [6.45, 7) is 0.342. The van der Waals surface area contributed by atoms with Gasteiger partial charge in [0.25, 0.3) is 0 Å². The minimum absolute atomic E-state index is 0.00883. The van der Waals surface area contributed by atoms with Crippen LogP contribution < -0.4 is 10.5 Å². The van der Waals surface area contributed by atoms with Gasteiger partial charge in [0, 0.05) is 40.3 Å². The summed E-state index contributed by atoms with van der Waals surface area (Å²) in [5, 5.41) is 14.4. The van der Waals surface area contributed by atoms with E-state index in [0.717, 1.165) is 22.2 Å². The highest BCUT2D eigenvalue weighted by Gasteiger charge is 2.13. The monoisotopic (exact) mass is 427 g/mol. The van der Waals surface area contributed by atoms with E-state index in [1.165, 1.54) is 5.39 Å². The molecule has 8 heteroatoms. The largest absolute Gasteiger partial charge is 0.493 e. The molecule has 3 aromatic heterocycles. The normalized spacial score (nSPS) is 12.3. The summed E-state index contributed by atoms with van der Waals surface area (Å²) in [5.41, 5.74) is 10.8. The minimum atomic E-state index is -0.244. The van der Waals surface area contributed by atoms with Crippen molar-refractivity contribution in [1.82, 2.24) is 15.0 Å².